The minimum Gasteiger partial charge on any atom is -0.338 e. The van der Waals surface area contributed by atoms with E-state index in [4.69, 9.17) is 5.73 Å². The van der Waals surface area contributed by atoms with E-state index in [0.717, 1.165) is 25.9 Å². The summed E-state index contributed by atoms with van der Waals surface area (Å²) in [5.41, 5.74) is 5.84. The van der Waals surface area contributed by atoms with E-state index >= 15 is 0 Å². The number of thiophene rings is 1. The van der Waals surface area contributed by atoms with Crippen molar-refractivity contribution < 1.29 is 4.79 Å². The zero-order valence-electron chi connectivity index (χ0n) is 11.7. The van der Waals surface area contributed by atoms with Crippen LogP contribution < -0.4 is 5.73 Å². The molecule has 106 valence electrons. The first-order valence-electron chi connectivity index (χ1n) is 7.27. The SMILES string of the molecule is CCN(Cc1cccs1)C(=O)C1CCCCC1CN. The van der Waals surface area contributed by atoms with Gasteiger partial charge in [-0.15, -0.1) is 11.3 Å². The second kappa shape index (κ2) is 7.06. The second-order valence-corrected chi connectivity index (χ2v) is 6.35. The largest absolute Gasteiger partial charge is 0.338 e. The van der Waals surface area contributed by atoms with Crippen molar-refractivity contribution in [3.8, 4) is 0 Å². The van der Waals surface area contributed by atoms with Gasteiger partial charge in [0.25, 0.3) is 0 Å². The number of hydrogen-bond donors (Lipinski definition) is 1. The summed E-state index contributed by atoms with van der Waals surface area (Å²) in [6.07, 6.45) is 4.53. The maximum atomic E-state index is 12.7. The molecule has 1 saturated carbocycles. The summed E-state index contributed by atoms with van der Waals surface area (Å²) in [6, 6.07) is 4.14. The van der Waals surface area contributed by atoms with Gasteiger partial charge in [-0.25, -0.2) is 0 Å². The highest BCUT2D eigenvalue weighted by Crippen LogP contribution is 2.31. The van der Waals surface area contributed by atoms with Gasteiger partial charge in [-0.05, 0) is 43.7 Å². The van der Waals surface area contributed by atoms with Crippen molar-refractivity contribution in [2.24, 2.45) is 17.6 Å². The summed E-state index contributed by atoms with van der Waals surface area (Å²) in [5.74, 6) is 0.850. The standard InChI is InChI=1S/C15H24N2OS/c1-2-17(11-13-7-5-9-19-13)15(18)14-8-4-3-6-12(14)10-16/h5,7,9,12,14H,2-4,6,8,10-11,16H2,1H3. The zero-order chi connectivity index (χ0) is 13.7. The number of amides is 1. The minimum atomic E-state index is 0.152. The van der Waals surface area contributed by atoms with Crippen LogP contribution in [0.2, 0.25) is 0 Å². The molecule has 2 unspecified atom stereocenters. The number of carbonyl (C=O) groups is 1. The predicted octanol–water partition coefficient (Wildman–Crippen LogP) is 2.86. The summed E-state index contributed by atoms with van der Waals surface area (Å²) in [5, 5.41) is 2.07. The average Bonchev–Trinajstić information content (AvgIpc) is 2.97. The van der Waals surface area contributed by atoms with Crippen LogP contribution in [0.25, 0.3) is 0 Å². The molecule has 1 aromatic rings. The maximum Gasteiger partial charge on any atom is 0.226 e. The van der Waals surface area contributed by atoms with E-state index in [1.807, 2.05) is 11.0 Å². The predicted molar refractivity (Wildman–Crippen MR) is 79.9 cm³/mol. The van der Waals surface area contributed by atoms with Crippen LogP contribution in [0.1, 0.15) is 37.5 Å². The van der Waals surface area contributed by atoms with Crippen molar-refractivity contribution in [3.05, 3.63) is 22.4 Å². The second-order valence-electron chi connectivity index (χ2n) is 5.32. The Bertz CT molecular complexity index is 391. The smallest absolute Gasteiger partial charge is 0.226 e. The molecule has 0 aliphatic heterocycles. The van der Waals surface area contributed by atoms with Gasteiger partial charge < -0.3 is 10.6 Å². The van der Waals surface area contributed by atoms with Crippen molar-refractivity contribution in [3.63, 3.8) is 0 Å². The van der Waals surface area contributed by atoms with Gasteiger partial charge in [0.15, 0.2) is 0 Å². The first-order chi connectivity index (χ1) is 9.26. The van der Waals surface area contributed by atoms with E-state index in [-0.39, 0.29) is 5.92 Å². The zero-order valence-corrected chi connectivity index (χ0v) is 12.5. The highest BCUT2D eigenvalue weighted by atomic mass is 32.1. The normalized spacial score (nSPS) is 23.3. The van der Waals surface area contributed by atoms with Crippen molar-refractivity contribution in [2.45, 2.75) is 39.2 Å². The van der Waals surface area contributed by atoms with E-state index in [0.29, 0.717) is 18.4 Å². The topological polar surface area (TPSA) is 46.3 Å². The molecule has 0 saturated heterocycles. The number of nitrogens with two attached hydrogens (primary N) is 1. The van der Waals surface area contributed by atoms with E-state index < -0.39 is 0 Å². The fourth-order valence-corrected chi connectivity index (χ4v) is 3.71. The van der Waals surface area contributed by atoms with Crippen LogP contribution in [0.4, 0.5) is 0 Å². The molecule has 1 aromatic heterocycles. The Hall–Kier alpha value is -0.870. The van der Waals surface area contributed by atoms with Crippen molar-refractivity contribution in [1.82, 2.24) is 4.90 Å². The molecule has 4 heteroatoms. The summed E-state index contributed by atoms with van der Waals surface area (Å²) in [7, 11) is 0. The van der Waals surface area contributed by atoms with Gasteiger partial charge in [-0.3, -0.25) is 4.79 Å². The van der Waals surface area contributed by atoms with Gasteiger partial charge >= 0.3 is 0 Å². The lowest BCUT2D eigenvalue weighted by molar-refractivity contribution is -0.138. The molecular weight excluding hydrogens is 256 g/mol. The van der Waals surface area contributed by atoms with Crippen LogP contribution in [-0.2, 0) is 11.3 Å². The first-order valence-corrected chi connectivity index (χ1v) is 8.15. The molecule has 3 nitrogen and oxygen atoms in total. The first kappa shape index (κ1) is 14.5. The molecule has 0 radical (unpaired) electrons. The van der Waals surface area contributed by atoms with Crippen LogP contribution in [0.5, 0.6) is 0 Å². The van der Waals surface area contributed by atoms with Gasteiger partial charge in [0.1, 0.15) is 0 Å². The lowest BCUT2D eigenvalue weighted by Gasteiger charge is -2.33. The van der Waals surface area contributed by atoms with Gasteiger partial charge in [0.2, 0.25) is 5.91 Å². The summed E-state index contributed by atoms with van der Waals surface area (Å²) in [6.45, 7) is 4.24. The molecule has 0 spiro atoms. The number of rotatable bonds is 5. The third-order valence-electron chi connectivity index (χ3n) is 4.15. The van der Waals surface area contributed by atoms with Crippen molar-refractivity contribution >= 4 is 17.2 Å². The molecule has 19 heavy (non-hydrogen) atoms. The third kappa shape index (κ3) is 3.57. The monoisotopic (exact) mass is 280 g/mol. The summed E-state index contributed by atoms with van der Waals surface area (Å²) in [4.78, 5) is 15.9. The van der Waals surface area contributed by atoms with Crippen LogP contribution in [0, 0.1) is 11.8 Å². The van der Waals surface area contributed by atoms with Crippen molar-refractivity contribution in [2.75, 3.05) is 13.1 Å². The van der Waals surface area contributed by atoms with E-state index in [9.17, 15) is 4.79 Å². The van der Waals surface area contributed by atoms with Gasteiger partial charge in [0.05, 0.1) is 6.54 Å². The Balaban J connectivity index is 2.02. The Labute approximate surface area is 119 Å². The average molecular weight is 280 g/mol. The summed E-state index contributed by atoms with van der Waals surface area (Å²) >= 11 is 1.72. The van der Waals surface area contributed by atoms with Crippen LogP contribution in [-0.4, -0.2) is 23.9 Å². The molecule has 2 atom stereocenters. The fraction of sp³-hybridized carbons (Fsp3) is 0.667. The highest BCUT2D eigenvalue weighted by molar-refractivity contribution is 7.09. The van der Waals surface area contributed by atoms with Gasteiger partial charge in [-0.2, -0.15) is 0 Å². The Morgan fingerprint density at radius 2 is 2.26 bits per heavy atom. The molecule has 1 aliphatic rings. The van der Waals surface area contributed by atoms with Crippen molar-refractivity contribution in [1.29, 1.82) is 0 Å². The van der Waals surface area contributed by atoms with E-state index in [2.05, 4.69) is 18.4 Å². The minimum absolute atomic E-state index is 0.152. The molecular formula is C15H24N2OS. The quantitative estimate of drug-likeness (QED) is 0.901. The number of hydrogen-bond acceptors (Lipinski definition) is 3. The van der Waals surface area contributed by atoms with E-state index in [1.165, 1.54) is 17.7 Å². The molecule has 0 aromatic carbocycles. The van der Waals surface area contributed by atoms with Gasteiger partial charge in [-0.1, -0.05) is 18.9 Å². The Kier molecular flexibility index (Phi) is 5.40. The molecule has 0 bridgehead atoms. The maximum absolute atomic E-state index is 12.7. The lowest BCUT2D eigenvalue weighted by atomic mass is 9.78. The van der Waals surface area contributed by atoms with Crippen LogP contribution in [0.3, 0.4) is 0 Å². The third-order valence-corrected chi connectivity index (χ3v) is 5.01. The molecule has 1 heterocycles. The van der Waals surface area contributed by atoms with E-state index in [1.54, 1.807) is 11.3 Å². The fourth-order valence-electron chi connectivity index (χ4n) is 2.99. The Morgan fingerprint density at radius 3 is 2.89 bits per heavy atom. The number of nitrogens with zero attached hydrogens (tertiary/aromatic N) is 1. The molecule has 1 aliphatic carbocycles. The molecule has 1 fully saturated rings. The van der Waals surface area contributed by atoms with Crippen LogP contribution in [0.15, 0.2) is 17.5 Å². The van der Waals surface area contributed by atoms with Gasteiger partial charge in [0, 0.05) is 17.3 Å². The molecule has 2 N–H and O–H groups in total. The molecule has 1 amide bonds. The molecule has 2 rings (SSSR count). The summed E-state index contributed by atoms with van der Waals surface area (Å²) < 4.78 is 0. The number of carbonyl (C=O) groups excluding carboxylic acids is 1. The lowest BCUT2D eigenvalue weighted by Crippen LogP contribution is -2.41. The Morgan fingerprint density at radius 1 is 1.47 bits per heavy atom. The van der Waals surface area contributed by atoms with Crippen LogP contribution >= 0.6 is 11.3 Å². The highest BCUT2D eigenvalue weighted by Gasteiger charge is 2.32.